The molecule has 1 N–H and O–H groups in total. The molecule has 0 spiro atoms. The summed E-state index contributed by atoms with van der Waals surface area (Å²) in [5.74, 6) is -0.570. The van der Waals surface area contributed by atoms with E-state index in [1.165, 1.54) is 96.3 Å². The van der Waals surface area contributed by atoms with Crippen molar-refractivity contribution >= 4 is 19.7 Å². The standard InChI is InChI=1S/C68H121N2O7P/c1-7-10-13-16-19-22-25-27-29-31-32-33-34-35-36-37-38-39-41-43-46-49-52-55-58-61-68(72)77-66(59-56-53-50-47-44-24-21-18-15-12-9-3)65(64-76-78(73,74)75-63-62-70(4,5)6)69-67(71)60-57-54-51-48-45-42-40-30-28-26-23-20-17-14-11-8-2/h10,13,19,22,27,29-30,32-33,35-36,38-40,56,59,65-66H,7-9,11-12,14-18,20-21,23-26,28,31,34,37,41-55,57-58,60-64H2,1-6H3,(H-,69,71,73,74)/b13-10-,22-19-,29-27-,33-32-,36-35-,39-38-,40-30+,59-56-. The molecule has 0 fully saturated rings. The van der Waals surface area contributed by atoms with Crippen LogP contribution in [-0.4, -0.2) is 69.4 Å². The topological polar surface area (TPSA) is 114 Å². The molecule has 78 heavy (non-hydrogen) atoms. The number of carbonyl (C=O) groups is 2. The molecule has 0 aromatic rings. The Morgan fingerprint density at radius 2 is 0.821 bits per heavy atom. The monoisotopic (exact) mass is 1110 g/mol. The molecule has 10 heteroatoms. The third-order valence-electron chi connectivity index (χ3n) is 13.7. The molecule has 0 bridgehead atoms. The summed E-state index contributed by atoms with van der Waals surface area (Å²) in [6.07, 6.45) is 76.6. The van der Waals surface area contributed by atoms with Gasteiger partial charge in [-0.15, -0.1) is 0 Å². The largest absolute Gasteiger partial charge is 0.756 e. The molecule has 0 radical (unpaired) electrons. The number of allylic oxidation sites excluding steroid dienone is 15. The van der Waals surface area contributed by atoms with Crippen LogP contribution >= 0.6 is 7.82 Å². The number of amides is 1. The van der Waals surface area contributed by atoms with Gasteiger partial charge in [-0.05, 0) is 109 Å². The Morgan fingerprint density at radius 3 is 1.24 bits per heavy atom. The summed E-state index contributed by atoms with van der Waals surface area (Å²) in [5, 5.41) is 3.02. The van der Waals surface area contributed by atoms with Crippen molar-refractivity contribution in [1.82, 2.24) is 5.32 Å². The van der Waals surface area contributed by atoms with Crippen LogP contribution in [0.3, 0.4) is 0 Å². The summed E-state index contributed by atoms with van der Waals surface area (Å²) < 4.78 is 30.3. The maximum atomic E-state index is 13.5. The first-order valence-electron chi connectivity index (χ1n) is 32.0. The third-order valence-corrected chi connectivity index (χ3v) is 14.7. The van der Waals surface area contributed by atoms with Gasteiger partial charge in [0.2, 0.25) is 5.91 Å². The van der Waals surface area contributed by atoms with Gasteiger partial charge in [0.15, 0.2) is 0 Å². The number of phosphoric acid groups is 1. The fourth-order valence-corrected chi connectivity index (χ4v) is 9.54. The van der Waals surface area contributed by atoms with Crippen molar-refractivity contribution < 1.29 is 37.3 Å². The van der Waals surface area contributed by atoms with Crippen LogP contribution in [0, 0.1) is 0 Å². The Kier molecular flexibility index (Phi) is 54.9. The Morgan fingerprint density at radius 1 is 0.462 bits per heavy atom. The van der Waals surface area contributed by atoms with E-state index in [4.69, 9.17) is 13.8 Å². The highest BCUT2D eigenvalue weighted by Crippen LogP contribution is 2.38. The van der Waals surface area contributed by atoms with Crippen molar-refractivity contribution in [3.8, 4) is 0 Å². The fourth-order valence-electron chi connectivity index (χ4n) is 8.81. The minimum atomic E-state index is -4.71. The number of nitrogens with one attached hydrogen (secondary N) is 1. The predicted octanol–water partition coefficient (Wildman–Crippen LogP) is 19.3. The Balaban J connectivity index is 5.19. The first kappa shape index (κ1) is 74.9. The van der Waals surface area contributed by atoms with E-state index in [9.17, 15) is 19.0 Å². The number of esters is 1. The Bertz CT molecular complexity index is 1660. The van der Waals surface area contributed by atoms with Crippen molar-refractivity contribution in [3.63, 3.8) is 0 Å². The van der Waals surface area contributed by atoms with Crippen molar-refractivity contribution in [2.45, 2.75) is 283 Å². The first-order valence-corrected chi connectivity index (χ1v) is 33.5. The molecule has 0 aliphatic carbocycles. The number of hydrogen-bond acceptors (Lipinski definition) is 7. The van der Waals surface area contributed by atoms with Gasteiger partial charge >= 0.3 is 5.97 Å². The Hall–Kier alpha value is -3.07. The second-order valence-corrected chi connectivity index (χ2v) is 23.9. The Labute approximate surface area is 481 Å². The van der Waals surface area contributed by atoms with Gasteiger partial charge in [-0.1, -0.05) is 247 Å². The van der Waals surface area contributed by atoms with E-state index in [0.717, 1.165) is 135 Å². The molecule has 9 nitrogen and oxygen atoms in total. The van der Waals surface area contributed by atoms with Crippen LogP contribution in [0.25, 0.3) is 0 Å². The van der Waals surface area contributed by atoms with Crippen LogP contribution in [0.1, 0.15) is 271 Å². The number of likely N-dealkylation sites (N-methyl/N-ethyl adjacent to an activating group) is 1. The molecule has 0 aliphatic rings. The van der Waals surface area contributed by atoms with Crippen LogP contribution in [0.2, 0.25) is 0 Å². The summed E-state index contributed by atoms with van der Waals surface area (Å²) in [6, 6.07) is -0.904. The molecule has 0 saturated carbocycles. The highest BCUT2D eigenvalue weighted by Gasteiger charge is 2.27. The SMILES string of the molecule is CC/C=C\C/C=C\C/C=C\C/C=C\C/C=C\C/C=C\CCCCCCCCC(=O)OC(/C=C\CCCCCCCCCCC)C(COP(=O)([O-])OCC[N+](C)(C)C)NC(=O)CCCCCCC/C=C/CCCCCCCCC. The van der Waals surface area contributed by atoms with Gasteiger partial charge in [0.1, 0.15) is 19.3 Å². The molecular weight excluding hydrogens is 988 g/mol. The van der Waals surface area contributed by atoms with E-state index in [-0.39, 0.29) is 24.9 Å². The number of carbonyl (C=O) groups excluding carboxylic acids is 2. The number of phosphoric ester groups is 1. The number of hydrogen-bond donors (Lipinski definition) is 1. The van der Waals surface area contributed by atoms with E-state index < -0.39 is 26.6 Å². The van der Waals surface area contributed by atoms with Gasteiger partial charge in [-0.2, -0.15) is 0 Å². The smallest absolute Gasteiger partial charge is 0.306 e. The van der Waals surface area contributed by atoms with Gasteiger partial charge in [-0.3, -0.25) is 14.2 Å². The van der Waals surface area contributed by atoms with E-state index in [1.807, 2.05) is 33.3 Å². The first-order chi connectivity index (χ1) is 37.9. The normalized spacial score (nSPS) is 14.3. The van der Waals surface area contributed by atoms with Crippen molar-refractivity contribution in [2.24, 2.45) is 0 Å². The molecule has 0 rings (SSSR count). The molecular formula is C68H121N2O7P. The van der Waals surface area contributed by atoms with Gasteiger partial charge in [-0.25, -0.2) is 0 Å². The lowest BCUT2D eigenvalue weighted by Gasteiger charge is -2.30. The van der Waals surface area contributed by atoms with E-state index in [1.54, 1.807) is 0 Å². The molecule has 450 valence electrons. The van der Waals surface area contributed by atoms with Crippen molar-refractivity contribution in [1.29, 1.82) is 0 Å². The second kappa shape index (κ2) is 57.2. The van der Waals surface area contributed by atoms with E-state index in [2.05, 4.69) is 111 Å². The van der Waals surface area contributed by atoms with Crippen molar-refractivity contribution in [2.75, 3.05) is 40.9 Å². The zero-order valence-corrected chi connectivity index (χ0v) is 52.2. The number of nitrogens with zero attached hydrogens (tertiary/aromatic N) is 1. The van der Waals surface area contributed by atoms with Crippen LogP contribution in [0.15, 0.2) is 97.2 Å². The lowest BCUT2D eigenvalue weighted by molar-refractivity contribution is -0.870. The minimum Gasteiger partial charge on any atom is -0.756 e. The van der Waals surface area contributed by atoms with Gasteiger partial charge in [0, 0.05) is 12.8 Å². The molecule has 1 amide bonds. The molecule has 0 aromatic heterocycles. The third kappa shape index (κ3) is 57.6. The molecule has 0 aliphatic heterocycles. The highest BCUT2D eigenvalue weighted by molar-refractivity contribution is 7.45. The molecule has 3 atom stereocenters. The van der Waals surface area contributed by atoms with Gasteiger partial charge in [0.25, 0.3) is 7.82 Å². The lowest BCUT2D eigenvalue weighted by Crippen LogP contribution is -2.47. The maximum Gasteiger partial charge on any atom is 0.306 e. The van der Waals surface area contributed by atoms with Crippen LogP contribution < -0.4 is 10.2 Å². The minimum absolute atomic E-state index is 0.0304. The predicted molar refractivity (Wildman–Crippen MR) is 334 cm³/mol. The summed E-state index contributed by atoms with van der Waals surface area (Å²) in [5.41, 5.74) is 0. The molecule has 0 heterocycles. The average Bonchev–Trinajstić information content (AvgIpc) is 3.41. The zero-order valence-electron chi connectivity index (χ0n) is 51.3. The number of rotatable bonds is 57. The molecule has 0 saturated heterocycles. The number of quaternary nitrogens is 1. The van der Waals surface area contributed by atoms with Crippen molar-refractivity contribution in [3.05, 3.63) is 97.2 Å². The second-order valence-electron chi connectivity index (χ2n) is 22.5. The van der Waals surface area contributed by atoms with Crippen LogP contribution in [-0.2, 0) is 27.9 Å². The van der Waals surface area contributed by atoms with Gasteiger partial charge < -0.3 is 28.5 Å². The van der Waals surface area contributed by atoms with E-state index >= 15 is 0 Å². The maximum absolute atomic E-state index is 13.5. The molecule has 3 unspecified atom stereocenters. The quantitative estimate of drug-likeness (QED) is 0.0212. The van der Waals surface area contributed by atoms with Crippen LogP contribution in [0.5, 0.6) is 0 Å². The fraction of sp³-hybridized carbons (Fsp3) is 0.735. The van der Waals surface area contributed by atoms with Gasteiger partial charge in [0.05, 0.1) is 33.8 Å². The van der Waals surface area contributed by atoms with E-state index in [0.29, 0.717) is 23.9 Å². The highest BCUT2D eigenvalue weighted by atomic mass is 31.2. The lowest BCUT2D eigenvalue weighted by atomic mass is 10.1. The summed E-state index contributed by atoms with van der Waals surface area (Å²) >= 11 is 0. The molecule has 0 aromatic carbocycles. The van der Waals surface area contributed by atoms with Crippen LogP contribution in [0.4, 0.5) is 0 Å². The zero-order chi connectivity index (χ0) is 57.2. The number of unbranched alkanes of at least 4 members (excludes halogenated alkanes) is 27. The summed E-state index contributed by atoms with van der Waals surface area (Å²) in [4.78, 5) is 40.0. The summed E-state index contributed by atoms with van der Waals surface area (Å²) in [7, 11) is 1.16. The number of ether oxygens (including phenoxy) is 1. The average molecular weight is 1110 g/mol. The summed E-state index contributed by atoms with van der Waals surface area (Å²) in [6.45, 7) is 6.70.